The number of halogens is 2. The van der Waals surface area contributed by atoms with E-state index in [1.165, 1.54) is 22.7 Å². The van der Waals surface area contributed by atoms with E-state index in [0.29, 0.717) is 0 Å². The number of rotatable bonds is 5. The number of benzene rings is 1. The van der Waals surface area contributed by atoms with Crippen molar-refractivity contribution in [2.45, 2.75) is 25.1 Å². The molecule has 0 radical (unpaired) electrons. The minimum Gasteiger partial charge on any atom is -0.344 e. The SMILES string of the molecule is CN(C)CCCn1c(-c2ccc(F)cc2)cc2c1CCSC2.Cl. The maximum absolute atomic E-state index is 13.2. The monoisotopic (exact) mass is 354 g/mol. The van der Waals surface area contributed by atoms with Crippen molar-refractivity contribution < 1.29 is 4.39 Å². The average molecular weight is 355 g/mol. The van der Waals surface area contributed by atoms with E-state index >= 15 is 0 Å². The van der Waals surface area contributed by atoms with Crippen molar-refractivity contribution in [1.29, 1.82) is 0 Å². The summed E-state index contributed by atoms with van der Waals surface area (Å²) in [5.41, 5.74) is 5.30. The van der Waals surface area contributed by atoms with Crippen LogP contribution in [0.5, 0.6) is 0 Å². The van der Waals surface area contributed by atoms with Crippen molar-refractivity contribution in [3.8, 4) is 11.3 Å². The van der Waals surface area contributed by atoms with E-state index in [1.807, 2.05) is 23.9 Å². The maximum atomic E-state index is 13.2. The number of thioether (sulfide) groups is 1. The Kier molecular flexibility index (Phi) is 6.57. The maximum Gasteiger partial charge on any atom is 0.123 e. The highest BCUT2D eigenvalue weighted by atomic mass is 35.5. The minimum atomic E-state index is -0.171. The number of aromatic nitrogens is 1. The van der Waals surface area contributed by atoms with Crippen molar-refractivity contribution in [2.24, 2.45) is 0 Å². The molecule has 0 unspecified atom stereocenters. The van der Waals surface area contributed by atoms with E-state index in [9.17, 15) is 4.39 Å². The molecule has 0 aliphatic carbocycles. The highest BCUT2D eigenvalue weighted by Crippen LogP contribution is 2.33. The van der Waals surface area contributed by atoms with Crippen molar-refractivity contribution >= 4 is 24.2 Å². The van der Waals surface area contributed by atoms with Gasteiger partial charge in [0.25, 0.3) is 0 Å². The molecule has 0 saturated carbocycles. The molecule has 0 saturated heterocycles. The number of fused-ring (bicyclic) bond motifs is 1. The van der Waals surface area contributed by atoms with Crippen LogP contribution in [0.2, 0.25) is 0 Å². The summed E-state index contributed by atoms with van der Waals surface area (Å²) in [7, 11) is 4.23. The molecule has 3 rings (SSSR count). The Bertz CT molecular complexity index is 637. The van der Waals surface area contributed by atoms with Crippen molar-refractivity contribution in [1.82, 2.24) is 9.47 Å². The fourth-order valence-electron chi connectivity index (χ4n) is 3.08. The van der Waals surface area contributed by atoms with Gasteiger partial charge in [0, 0.05) is 23.7 Å². The molecule has 1 aliphatic rings. The molecule has 23 heavy (non-hydrogen) atoms. The van der Waals surface area contributed by atoms with Crippen molar-refractivity contribution in [2.75, 3.05) is 26.4 Å². The summed E-state index contributed by atoms with van der Waals surface area (Å²) >= 11 is 2.00. The lowest BCUT2D eigenvalue weighted by Crippen LogP contribution is -2.17. The zero-order valence-corrected chi connectivity index (χ0v) is 15.4. The van der Waals surface area contributed by atoms with E-state index in [2.05, 4.69) is 29.6 Å². The molecule has 1 aliphatic heterocycles. The highest BCUT2D eigenvalue weighted by Gasteiger charge is 2.19. The van der Waals surface area contributed by atoms with Crippen LogP contribution in [0.1, 0.15) is 17.7 Å². The summed E-state index contributed by atoms with van der Waals surface area (Å²) in [6.45, 7) is 2.12. The molecule has 0 amide bonds. The minimum absolute atomic E-state index is 0. The van der Waals surface area contributed by atoms with Gasteiger partial charge in [0.2, 0.25) is 0 Å². The molecule has 0 atom stereocenters. The van der Waals surface area contributed by atoms with Gasteiger partial charge < -0.3 is 9.47 Å². The van der Waals surface area contributed by atoms with Gasteiger partial charge in [-0.05, 0) is 80.7 Å². The van der Waals surface area contributed by atoms with E-state index in [4.69, 9.17) is 0 Å². The molecule has 0 N–H and O–H groups in total. The summed E-state index contributed by atoms with van der Waals surface area (Å²) < 4.78 is 15.7. The first-order valence-corrected chi connectivity index (χ1v) is 9.00. The van der Waals surface area contributed by atoms with Crippen LogP contribution >= 0.6 is 24.2 Å². The van der Waals surface area contributed by atoms with Gasteiger partial charge in [0.05, 0.1) is 0 Å². The molecule has 0 fully saturated rings. The predicted molar refractivity (Wildman–Crippen MR) is 100 cm³/mol. The van der Waals surface area contributed by atoms with E-state index < -0.39 is 0 Å². The van der Waals surface area contributed by atoms with Gasteiger partial charge in [0.1, 0.15) is 5.82 Å². The van der Waals surface area contributed by atoms with E-state index in [1.54, 1.807) is 12.1 Å². The molecule has 1 aromatic carbocycles. The van der Waals surface area contributed by atoms with Crippen LogP contribution in [0.25, 0.3) is 11.3 Å². The van der Waals surface area contributed by atoms with Gasteiger partial charge in [-0.1, -0.05) is 0 Å². The largest absolute Gasteiger partial charge is 0.344 e. The average Bonchev–Trinajstić information content (AvgIpc) is 2.87. The second-order valence-electron chi connectivity index (χ2n) is 6.12. The number of hydrogen-bond donors (Lipinski definition) is 0. The van der Waals surface area contributed by atoms with Gasteiger partial charge >= 0.3 is 0 Å². The Morgan fingerprint density at radius 2 is 1.96 bits per heavy atom. The van der Waals surface area contributed by atoms with Gasteiger partial charge in [-0.2, -0.15) is 11.8 Å². The molecule has 0 bridgehead atoms. The third-order valence-corrected chi connectivity index (χ3v) is 5.17. The lowest BCUT2D eigenvalue weighted by molar-refractivity contribution is 0.385. The van der Waals surface area contributed by atoms with Crippen LogP contribution in [-0.4, -0.2) is 35.9 Å². The molecule has 5 heteroatoms. The normalized spacial score (nSPS) is 13.7. The molecule has 2 nitrogen and oxygen atoms in total. The Hall–Kier alpha value is -0.970. The molecular formula is C18H24ClFN2S. The Morgan fingerprint density at radius 3 is 2.65 bits per heavy atom. The summed E-state index contributed by atoms with van der Waals surface area (Å²) in [6.07, 6.45) is 2.28. The van der Waals surface area contributed by atoms with Crippen LogP contribution in [0.3, 0.4) is 0 Å². The Labute approximate surface area is 148 Å². The van der Waals surface area contributed by atoms with Gasteiger partial charge in [-0.15, -0.1) is 12.4 Å². The van der Waals surface area contributed by atoms with Crippen LogP contribution in [0.15, 0.2) is 30.3 Å². The standard InChI is InChI=1S/C18H23FN2S.ClH/c1-20(2)9-3-10-21-17-8-11-22-13-15(17)12-18(21)14-4-6-16(19)7-5-14;/h4-7,12H,3,8-11,13H2,1-2H3;1H. The molecule has 2 aromatic rings. The summed E-state index contributed by atoms with van der Waals surface area (Å²) in [6, 6.07) is 9.21. The lowest BCUT2D eigenvalue weighted by Gasteiger charge is -2.18. The zero-order chi connectivity index (χ0) is 15.5. The highest BCUT2D eigenvalue weighted by molar-refractivity contribution is 7.98. The third kappa shape index (κ3) is 4.31. The lowest BCUT2D eigenvalue weighted by atomic mass is 10.1. The van der Waals surface area contributed by atoms with Crippen molar-refractivity contribution in [3.05, 3.63) is 47.4 Å². The Morgan fingerprint density at radius 1 is 1.22 bits per heavy atom. The van der Waals surface area contributed by atoms with E-state index in [-0.39, 0.29) is 18.2 Å². The van der Waals surface area contributed by atoms with Gasteiger partial charge in [-0.25, -0.2) is 4.39 Å². The third-order valence-electron chi connectivity index (χ3n) is 4.17. The second-order valence-corrected chi connectivity index (χ2v) is 7.22. The Balaban J connectivity index is 0.00000192. The fraction of sp³-hybridized carbons (Fsp3) is 0.444. The molecule has 2 heterocycles. The summed E-state index contributed by atoms with van der Waals surface area (Å²) in [5, 5.41) is 0. The van der Waals surface area contributed by atoms with Crippen LogP contribution in [-0.2, 0) is 18.7 Å². The topological polar surface area (TPSA) is 8.17 Å². The first-order valence-electron chi connectivity index (χ1n) is 7.85. The summed E-state index contributed by atoms with van der Waals surface area (Å²) in [4.78, 5) is 2.23. The second kappa shape index (κ2) is 8.22. The molecule has 0 spiro atoms. The van der Waals surface area contributed by atoms with Crippen molar-refractivity contribution in [3.63, 3.8) is 0 Å². The van der Waals surface area contributed by atoms with Crippen LogP contribution < -0.4 is 0 Å². The predicted octanol–water partition coefficient (Wildman–Crippen LogP) is 4.46. The zero-order valence-electron chi connectivity index (χ0n) is 13.7. The van der Waals surface area contributed by atoms with E-state index in [0.717, 1.165) is 37.2 Å². The number of nitrogens with zero attached hydrogens (tertiary/aromatic N) is 2. The summed E-state index contributed by atoms with van der Waals surface area (Å²) in [5.74, 6) is 2.13. The molecule has 1 aromatic heterocycles. The fourth-order valence-corrected chi connectivity index (χ4v) is 4.03. The molecule has 126 valence electrons. The smallest absolute Gasteiger partial charge is 0.123 e. The van der Waals surface area contributed by atoms with Crippen LogP contribution in [0.4, 0.5) is 4.39 Å². The first-order chi connectivity index (χ1) is 10.6. The number of hydrogen-bond acceptors (Lipinski definition) is 2. The van der Waals surface area contributed by atoms with Crippen LogP contribution in [0, 0.1) is 5.82 Å². The van der Waals surface area contributed by atoms with Gasteiger partial charge in [0.15, 0.2) is 0 Å². The quantitative estimate of drug-likeness (QED) is 0.783. The molecular weight excluding hydrogens is 331 g/mol. The van der Waals surface area contributed by atoms with Gasteiger partial charge in [-0.3, -0.25) is 0 Å². The first kappa shape index (κ1) is 18.4.